The van der Waals surface area contributed by atoms with Crippen molar-refractivity contribution in [2.24, 2.45) is 0 Å². The average Bonchev–Trinajstić information content (AvgIpc) is 3.66. The Kier molecular flexibility index (Phi) is 13.2. The van der Waals surface area contributed by atoms with Crippen LogP contribution in [0.4, 0.5) is 0 Å². The first-order chi connectivity index (χ1) is 27.6. The number of phenolic OH excluding ortho intramolecular Hbond substituents is 1. The van der Waals surface area contributed by atoms with E-state index >= 15 is 0 Å². The first kappa shape index (κ1) is 38.5. The van der Waals surface area contributed by atoms with E-state index in [4.69, 9.17) is 33.2 Å². The summed E-state index contributed by atoms with van der Waals surface area (Å²) in [6.07, 6.45) is -0.657. The van der Waals surface area contributed by atoms with E-state index in [1.165, 1.54) is 0 Å². The van der Waals surface area contributed by atoms with Gasteiger partial charge in [0.1, 0.15) is 67.4 Å². The number of phenols is 1. The fourth-order valence-electron chi connectivity index (χ4n) is 6.88. The molecule has 8 heteroatoms. The highest BCUT2D eigenvalue weighted by molar-refractivity contribution is 5.53. The predicted octanol–water partition coefficient (Wildman–Crippen LogP) is 10.7. The van der Waals surface area contributed by atoms with Gasteiger partial charge in [-0.1, -0.05) is 128 Å². The van der Waals surface area contributed by atoms with E-state index in [0.29, 0.717) is 68.0 Å². The summed E-state index contributed by atoms with van der Waals surface area (Å²) in [6.45, 7) is 4.78. The van der Waals surface area contributed by atoms with Gasteiger partial charge in [-0.05, 0) is 47.7 Å². The Morgan fingerprint density at radius 1 is 0.536 bits per heavy atom. The van der Waals surface area contributed by atoms with E-state index < -0.39 is 24.6 Å². The third kappa shape index (κ3) is 9.89. The van der Waals surface area contributed by atoms with Crippen molar-refractivity contribution >= 4 is 0 Å². The minimum atomic E-state index is -0.940. The lowest BCUT2D eigenvalue weighted by Crippen LogP contribution is -2.25. The number of aromatic hydroxyl groups is 1. The average molecular weight is 753 g/mol. The minimum absolute atomic E-state index is 0.0397. The number of ether oxygens (including phenoxy) is 7. The highest BCUT2D eigenvalue weighted by Gasteiger charge is 2.45. The Morgan fingerprint density at radius 3 is 1.54 bits per heavy atom. The van der Waals surface area contributed by atoms with Crippen molar-refractivity contribution in [2.45, 2.75) is 71.3 Å². The van der Waals surface area contributed by atoms with Crippen LogP contribution in [0.25, 0.3) is 0 Å². The highest BCUT2D eigenvalue weighted by Crippen LogP contribution is 2.50. The predicted molar refractivity (Wildman–Crippen MR) is 215 cm³/mol. The molecule has 0 radical (unpaired) electrons. The summed E-state index contributed by atoms with van der Waals surface area (Å²) in [7, 11) is 0. The first-order valence-electron chi connectivity index (χ1n) is 19.2. The van der Waals surface area contributed by atoms with Crippen LogP contribution in [0.3, 0.4) is 0 Å². The zero-order chi connectivity index (χ0) is 38.5. The number of benzene rings is 6. The molecule has 6 aromatic rings. The molecule has 1 heterocycles. The van der Waals surface area contributed by atoms with Crippen LogP contribution in [0.2, 0.25) is 0 Å². The van der Waals surface area contributed by atoms with Crippen LogP contribution in [0.1, 0.15) is 65.7 Å². The van der Waals surface area contributed by atoms with Crippen molar-refractivity contribution in [3.8, 4) is 28.7 Å². The zero-order valence-electron chi connectivity index (χ0n) is 31.8. The molecule has 1 fully saturated rings. The van der Waals surface area contributed by atoms with Gasteiger partial charge in [-0.15, -0.1) is 0 Å². The molecule has 7 rings (SSSR count). The molecule has 8 nitrogen and oxygen atoms in total. The Balaban J connectivity index is 1.24. The molecule has 56 heavy (non-hydrogen) atoms. The van der Waals surface area contributed by atoms with Gasteiger partial charge in [0.15, 0.2) is 0 Å². The number of hydrogen-bond acceptors (Lipinski definition) is 8. The van der Waals surface area contributed by atoms with E-state index in [2.05, 4.69) is 6.92 Å². The fourth-order valence-corrected chi connectivity index (χ4v) is 6.88. The lowest BCUT2D eigenvalue weighted by molar-refractivity contribution is -0.241. The summed E-state index contributed by atoms with van der Waals surface area (Å²) in [5.74, 6) is 1.89. The molecular weight excluding hydrogens is 705 g/mol. The zero-order valence-corrected chi connectivity index (χ0v) is 31.8. The third-order valence-electron chi connectivity index (χ3n) is 9.69. The molecule has 4 atom stereocenters. The van der Waals surface area contributed by atoms with Crippen molar-refractivity contribution in [2.75, 3.05) is 6.61 Å². The van der Waals surface area contributed by atoms with Crippen molar-refractivity contribution in [3.63, 3.8) is 0 Å². The van der Waals surface area contributed by atoms with Gasteiger partial charge >= 0.3 is 0 Å². The fraction of sp³-hybridized carbons (Fsp3) is 0.250. The van der Waals surface area contributed by atoms with Crippen molar-refractivity contribution < 1.29 is 38.3 Å². The molecule has 0 aliphatic carbocycles. The molecule has 6 aromatic carbocycles. The Bertz CT molecular complexity index is 2090. The van der Waals surface area contributed by atoms with E-state index in [-0.39, 0.29) is 5.75 Å². The third-order valence-corrected chi connectivity index (χ3v) is 9.69. The van der Waals surface area contributed by atoms with E-state index in [1.807, 2.05) is 153 Å². The Hall–Kier alpha value is -5.80. The molecule has 0 spiro atoms. The molecule has 0 saturated carbocycles. The van der Waals surface area contributed by atoms with Gasteiger partial charge in [0.05, 0.1) is 0 Å². The summed E-state index contributed by atoms with van der Waals surface area (Å²) in [4.78, 5) is 0. The van der Waals surface area contributed by atoms with Gasteiger partial charge in [-0.25, -0.2) is 0 Å². The van der Waals surface area contributed by atoms with Gasteiger partial charge in [-0.3, -0.25) is 0 Å². The molecule has 1 aliphatic heterocycles. The molecule has 1 saturated heterocycles. The van der Waals surface area contributed by atoms with Gasteiger partial charge in [0, 0.05) is 41.9 Å². The molecule has 4 unspecified atom stereocenters. The SMILES string of the molecule is CCOC1OC(c2ccc(OCc3ccccc3)cc2OCc2ccccc2)C(C(CC)c2c(O)cc(OCc3ccccc3)cc2OCc2ccccc2)O1. The second kappa shape index (κ2) is 19.2. The number of hydrogen-bond donors (Lipinski definition) is 1. The second-order valence-electron chi connectivity index (χ2n) is 13.6. The summed E-state index contributed by atoms with van der Waals surface area (Å²) >= 11 is 0. The van der Waals surface area contributed by atoms with Crippen LogP contribution < -0.4 is 18.9 Å². The highest BCUT2D eigenvalue weighted by atomic mass is 16.9. The largest absolute Gasteiger partial charge is 0.507 e. The summed E-state index contributed by atoms with van der Waals surface area (Å²) in [6, 6.07) is 49.2. The molecule has 0 aromatic heterocycles. The number of rotatable bonds is 18. The molecular formula is C48H48O8. The molecule has 0 bridgehead atoms. The maximum absolute atomic E-state index is 11.9. The van der Waals surface area contributed by atoms with Crippen LogP contribution in [0.15, 0.2) is 152 Å². The van der Waals surface area contributed by atoms with Crippen molar-refractivity contribution in [3.05, 3.63) is 185 Å². The molecule has 1 aliphatic rings. The quantitative estimate of drug-likeness (QED) is 0.0929. The standard InChI is InChI=1S/C48H48O8/c1-3-40(45-42(49)27-39(52-31-35-19-11-6-12-20-35)29-44(45)54-33-37-23-15-8-16-24-37)46-47(56-48(55-46)50-4-2)41-26-25-38(51-30-34-17-9-5-10-18-34)28-43(41)53-32-36-21-13-7-14-22-36/h5-29,40,46-49H,3-4,30-33H2,1-2H3. The summed E-state index contributed by atoms with van der Waals surface area (Å²) < 4.78 is 44.6. The maximum atomic E-state index is 11.9. The van der Waals surface area contributed by atoms with E-state index in [9.17, 15) is 5.11 Å². The summed E-state index contributed by atoms with van der Waals surface area (Å²) in [5.41, 5.74) is 5.45. The second-order valence-corrected chi connectivity index (χ2v) is 13.6. The van der Waals surface area contributed by atoms with Crippen LogP contribution in [-0.2, 0) is 40.6 Å². The van der Waals surface area contributed by atoms with Crippen molar-refractivity contribution in [1.29, 1.82) is 0 Å². The van der Waals surface area contributed by atoms with Crippen LogP contribution in [0, 0.1) is 0 Å². The lowest BCUT2D eigenvalue weighted by atomic mass is 9.84. The Labute approximate surface area is 329 Å². The first-order valence-corrected chi connectivity index (χ1v) is 19.2. The van der Waals surface area contributed by atoms with E-state index in [0.717, 1.165) is 27.8 Å². The smallest absolute Gasteiger partial charge is 0.272 e. The van der Waals surface area contributed by atoms with Crippen LogP contribution >= 0.6 is 0 Å². The van der Waals surface area contributed by atoms with Gasteiger partial charge < -0.3 is 38.3 Å². The monoisotopic (exact) mass is 752 g/mol. The topological polar surface area (TPSA) is 84.8 Å². The molecule has 1 N–H and O–H groups in total. The van der Waals surface area contributed by atoms with Gasteiger partial charge in [0.2, 0.25) is 0 Å². The lowest BCUT2D eigenvalue weighted by Gasteiger charge is -2.29. The van der Waals surface area contributed by atoms with Gasteiger partial charge in [0.25, 0.3) is 6.48 Å². The normalized spacial score (nSPS) is 16.9. The Morgan fingerprint density at radius 2 is 1.02 bits per heavy atom. The van der Waals surface area contributed by atoms with Gasteiger partial charge in [-0.2, -0.15) is 0 Å². The minimum Gasteiger partial charge on any atom is -0.507 e. The van der Waals surface area contributed by atoms with Crippen LogP contribution in [0.5, 0.6) is 28.7 Å². The molecule has 288 valence electrons. The van der Waals surface area contributed by atoms with Crippen LogP contribution in [-0.4, -0.2) is 24.3 Å². The van der Waals surface area contributed by atoms with Crippen molar-refractivity contribution in [1.82, 2.24) is 0 Å². The molecule has 0 amide bonds. The van der Waals surface area contributed by atoms with E-state index in [1.54, 1.807) is 6.07 Å². The maximum Gasteiger partial charge on any atom is 0.272 e. The summed E-state index contributed by atoms with van der Waals surface area (Å²) in [5, 5.41) is 11.9.